The van der Waals surface area contributed by atoms with E-state index in [1.165, 1.54) is 25.1 Å². The van der Waals surface area contributed by atoms with E-state index >= 15 is 0 Å². The van der Waals surface area contributed by atoms with E-state index in [0.717, 1.165) is 12.8 Å². The molecule has 1 amide bonds. The second-order valence-corrected chi connectivity index (χ2v) is 8.52. The third-order valence-corrected chi connectivity index (χ3v) is 6.29. The van der Waals surface area contributed by atoms with Gasteiger partial charge in [-0.3, -0.25) is 19.7 Å². The zero-order valence-corrected chi connectivity index (χ0v) is 19.0. The van der Waals surface area contributed by atoms with E-state index in [9.17, 15) is 24.1 Å². The van der Waals surface area contributed by atoms with Crippen LogP contribution in [0.5, 0.6) is 0 Å². The summed E-state index contributed by atoms with van der Waals surface area (Å²) in [4.78, 5) is 39.1. The minimum absolute atomic E-state index is 0.125. The predicted octanol–water partition coefficient (Wildman–Crippen LogP) is 3.49. The first-order chi connectivity index (χ1) is 16.3. The van der Waals surface area contributed by atoms with E-state index in [4.69, 9.17) is 4.74 Å². The van der Waals surface area contributed by atoms with Crippen molar-refractivity contribution in [3.63, 3.8) is 0 Å². The molecule has 2 fully saturated rings. The van der Waals surface area contributed by atoms with Crippen LogP contribution < -0.4 is 10.2 Å². The molecule has 9 nitrogen and oxygen atoms in total. The fraction of sp³-hybridized carbons (Fsp3) is 0.417. The van der Waals surface area contributed by atoms with Gasteiger partial charge in [0.05, 0.1) is 16.2 Å². The number of anilines is 2. The molecule has 0 spiro atoms. The van der Waals surface area contributed by atoms with E-state index in [0.29, 0.717) is 56.3 Å². The summed E-state index contributed by atoms with van der Waals surface area (Å²) < 4.78 is 19.9. The van der Waals surface area contributed by atoms with Gasteiger partial charge in [0.25, 0.3) is 11.6 Å². The number of ether oxygens (including phenoxy) is 1. The molecule has 0 atom stereocenters. The summed E-state index contributed by atoms with van der Waals surface area (Å²) in [6, 6.07) is 8.82. The topological polar surface area (TPSA) is 105 Å². The van der Waals surface area contributed by atoms with Gasteiger partial charge in [-0.1, -0.05) is 0 Å². The van der Waals surface area contributed by atoms with Crippen LogP contribution in [0, 0.1) is 15.9 Å². The van der Waals surface area contributed by atoms with Crippen LogP contribution in [0.3, 0.4) is 0 Å². The Morgan fingerprint density at radius 1 is 1.09 bits per heavy atom. The Bertz CT molecular complexity index is 1090. The maximum absolute atomic E-state index is 14.6. The van der Waals surface area contributed by atoms with Crippen molar-refractivity contribution in [1.82, 2.24) is 4.90 Å². The number of hydrogen-bond acceptors (Lipinski definition) is 7. The molecule has 2 heterocycles. The molecule has 0 aromatic heterocycles. The number of benzene rings is 2. The molecule has 2 aromatic carbocycles. The van der Waals surface area contributed by atoms with E-state index in [1.54, 1.807) is 23.1 Å². The molecule has 0 unspecified atom stereocenters. The van der Waals surface area contributed by atoms with Gasteiger partial charge in [-0.25, -0.2) is 4.39 Å². The van der Waals surface area contributed by atoms with Crippen LogP contribution in [0.4, 0.5) is 21.5 Å². The summed E-state index contributed by atoms with van der Waals surface area (Å²) in [5, 5.41) is 14.7. The average molecular weight is 471 g/mol. The summed E-state index contributed by atoms with van der Waals surface area (Å²) in [5.41, 5.74) is 1.37. The van der Waals surface area contributed by atoms with Crippen molar-refractivity contribution in [3.8, 4) is 0 Å². The van der Waals surface area contributed by atoms with E-state index in [-0.39, 0.29) is 29.0 Å². The molecule has 34 heavy (non-hydrogen) atoms. The molecular formula is C24H27FN4O5. The van der Waals surface area contributed by atoms with Gasteiger partial charge >= 0.3 is 0 Å². The van der Waals surface area contributed by atoms with Gasteiger partial charge in [-0.15, -0.1) is 0 Å². The van der Waals surface area contributed by atoms with Crippen LogP contribution in [-0.4, -0.2) is 66.9 Å². The highest BCUT2D eigenvalue weighted by Crippen LogP contribution is 2.27. The minimum Gasteiger partial charge on any atom is -0.381 e. The molecule has 2 aliphatic rings. The smallest absolute Gasteiger partial charge is 0.270 e. The number of piperazine rings is 1. The Balaban J connectivity index is 1.49. The molecule has 0 aliphatic carbocycles. The summed E-state index contributed by atoms with van der Waals surface area (Å²) in [6.45, 7) is 4.12. The zero-order chi connectivity index (χ0) is 24.2. The molecule has 4 rings (SSSR count). The maximum atomic E-state index is 14.6. The quantitative estimate of drug-likeness (QED) is 0.391. The first-order valence-corrected chi connectivity index (χ1v) is 11.3. The number of carbonyl (C=O) groups excluding carboxylic acids is 2. The van der Waals surface area contributed by atoms with Gasteiger partial charge in [0, 0.05) is 68.8 Å². The van der Waals surface area contributed by atoms with Crippen molar-refractivity contribution >= 4 is 28.8 Å². The van der Waals surface area contributed by atoms with E-state index in [2.05, 4.69) is 5.32 Å². The van der Waals surface area contributed by atoms with Gasteiger partial charge in [0.2, 0.25) is 0 Å². The predicted molar refractivity (Wildman–Crippen MR) is 125 cm³/mol. The molecule has 10 heteroatoms. The highest BCUT2D eigenvalue weighted by molar-refractivity contribution is 6.00. The summed E-state index contributed by atoms with van der Waals surface area (Å²) in [7, 11) is 0. The number of halogens is 1. The molecule has 1 N–H and O–H groups in total. The SMILES string of the molecule is CC(=O)c1ccc(N2CCN(C(=O)c3cc([N+](=O)[O-])ccc3NC3CCOCC3)CC2)c(F)c1. The Kier molecular flexibility index (Phi) is 7.06. The molecule has 180 valence electrons. The lowest BCUT2D eigenvalue weighted by Crippen LogP contribution is -2.49. The number of amides is 1. The Hall–Kier alpha value is -3.53. The van der Waals surface area contributed by atoms with Crippen LogP contribution in [-0.2, 0) is 4.74 Å². The van der Waals surface area contributed by atoms with Crippen molar-refractivity contribution in [1.29, 1.82) is 0 Å². The first-order valence-electron chi connectivity index (χ1n) is 11.3. The maximum Gasteiger partial charge on any atom is 0.270 e. The number of rotatable bonds is 6. The number of hydrogen-bond donors (Lipinski definition) is 1. The number of carbonyl (C=O) groups is 2. The third kappa shape index (κ3) is 5.17. The normalized spacial score (nSPS) is 16.9. The second-order valence-electron chi connectivity index (χ2n) is 8.52. The van der Waals surface area contributed by atoms with Gasteiger partial charge in [-0.2, -0.15) is 0 Å². The van der Waals surface area contributed by atoms with Crippen molar-refractivity contribution < 1.29 is 23.6 Å². The van der Waals surface area contributed by atoms with Crippen LogP contribution in [0.25, 0.3) is 0 Å². The molecule has 0 bridgehead atoms. The third-order valence-electron chi connectivity index (χ3n) is 6.29. The van der Waals surface area contributed by atoms with Crippen LogP contribution in [0.1, 0.15) is 40.5 Å². The number of nitrogens with zero attached hydrogens (tertiary/aromatic N) is 3. The van der Waals surface area contributed by atoms with E-state index in [1.807, 2.05) is 4.90 Å². The number of ketones is 1. The summed E-state index contributed by atoms with van der Waals surface area (Å²) in [5.74, 6) is -0.984. The van der Waals surface area contributed by atoms with Crippen molar-refractivity contribution in [3.05, 3.63) is 63.5 Å². The minimum atomic E-state index is -0.513. The van der Waals surface area contributed by atoms with Gasteiger partial charge in [-0.05, 0) is 44.0 Å². The number of non-ortho nitro benzene ring substituents is 1. The molecule has 2 aromatic rings. The van der Waals surface area contributed by atoms with Gasteiger partial charge in [0.15, 0.2) is 5.78 Å². The van der Waals surface area contributed by atoms with Gasteiger partial charge in [0.1, 0.15) is 5.82 Å². The monoisotopic (exact) mass is 470 g/mol. The van der Waals surface area contributed by atoms with Crippen molar-refractivity contribution in [2.24, 2.45) is 0 Å². The van der Waals surface area contributed by atoms with Crippen LogP contribution >= 0.6 is 0 Å². The molecule has 2 aliphatic heterocycles. The van der Waals surface area contributed by atoms with Gasteiger partial charge < -0.3 is 19.9 Å². The van der Waals surface area contributed by atoms with Crippen molar-refractivity contribution in [2.45, 2.75) is 25.8 Å². The highest BCUT2D eigenvalue weighted by atomic mass is 19.1. The Morgan fingerprint density at radius 2 is 1.79 bits per heavy atom. The number of nitro benzene ring substituents is 1. The zero-order valence-electron chi connectivity index (χ0n) is 19.0. The standard InChI is InChI=1S/C24H27FN4O5/c1-16(30)17-2-5-23(21(25)14-17)27-8-10-28(11-9-27)24(31)20-15-19(29(32)33)3-4-22(20)26-18-6-12-34-13-7-18/h2-5,14-15,18,26H,6-13H2,1H3. The molecule has 2 saturated heterocycles. The Morgan fingerprint density at radius 3 is 2.41 bits per heavy atom. The lowest BCUT2D eigenvalue weighted by atomic mass is 10.1. The molecule has 0 saturated carbocycles. The first kappa shape index (κ1) is 23.6. The van der Waals surface area contributed by atoms with Crippen molar-refractivity contribution in [2.75, 3.05) is 49.6 Å². The largest absolute Gasteiger partial charge is 0.381 e. The number of Topliss-reactive ketones (excluding diaryl/α,β-unsaturated/α-hetero) is 1. The van der Waals surface area contributed by atoms with E-state index < -0.39 is 10.7 Å². The lowest BCUT2D eigenvalue weighted by Gasteiger charge is -2.36. The fourth-order valence-corrected chi connectivity index (χ4v) is 4.31. The highest BCUT2D eigenvalue weighted by Gasteiger charge is 2.27. The molecule has 0 radical (unpaired) electrons. The second kappa shape index (κ2) is 10.2. The Labute approximate surface area is 196 Å². The number of nitro groups is 1. The fourth-order valence-electron chi connectivity index (χ4n) is 4.31. The van der Waals surface area contributed by atoms with Crippen LogP contribution in [0.2, 0.25) is 0 Å². The summed E-state index contributed by atoms with van der Waals surface area (Å²) in [6.07, 6.45) is 1.58. The average Bonchev–Trinajstić information content (AvgIpc) is 2.84. The number of nitrogens with one attached hydrogen (secondary N) is 1. The summed E-state index contributed by atoms with van der Waals surface area (Å²) >= 11 is 0. The molecular weight excluding hydrogens is 443 g/mol. The lowest BCUT2D eigenvalue weighted by molar-refractivity contribution is -0.384. The van der Waals surface area contributed by atoms with Crippen LogP contribution in [0.15, 0.2) is 36.4 Å².